The van der Waals surface area contributed by atoms with Crippen LogP contribution in [0, 0.1) is 5.92 Å². The Morgan fingerprint density at radius 2 is 1.67 bits per heavy atom. The largest absolute Gasteiger partial charge is 0.369 e. The van der Waals surface area contributed by atoms with Crippen LogP contribution in [-0.4, -0.2) is 47.0 Å². The van der Waals surface area contributed by atoms with Crippen LogP contribution in [-0.2, 0) is 4.79 Å². The first-order valence-corrected chi connectivity index (χ1v) is 7.44. The minimum Gasteiger partial charge on any atom is -0.369 e. The van der Waals surface area contributed by atoms with Gasteiger partial charge < -0.3 is 21.3 Å². The van der Waals surface area contributed by atoms with E-state index in [0.717, 1.165) is 38.9 Å². The maximum Gasteiger partial charge on any atom is 0.231 e. The normalized spacial score (nSPS) is 22.6. The Hall–Kier alpha value is -2.12. The first-order chi connectivity index (χ1) is 10.1. The molecule has 8 nitrogen and oxygen atoms in total. The Morgan fingerprint density at radius 3 is 2.29 bits per heavy atom. The smallest absolute Gasteiger partial charge is 0.231 e. The maximum absolute atomic E-state index is 11.3. The number of primary amides is 1. The number of nitrogen functional groups attached to an aromatic ring is 1. The fourth-order valence-corrected chi connectivity index (χ4v) is 2.92. The number of carbonyl (C=O) groups excluding carboxylic acids is 1. The topological polar surface area (TPSA) is 114 Å². The van der Waals surface area contributed by atoms with Crippen LogP contribution in [0.25, 0.3) is 0 Å². The number of piperidine rings is 1. The van der Waals surface area contributed by atoms with Gasteiger partial charge in [0.05, 0.1) is 5.92 Å². The summed E-state index contributed by atoms with van der Waals surface area (Å²) >= 11 is 0. The van der Waals surface area contributed by atoms with Gasteiger partial charge in [0.1, 0.15) is 0 Å². The van der Waals surface area contributed by atoms with E-state index in [-0.39, 0.29) is 17.8 Å². The third-order valence-electron chi connectivity index (χ3n) is 4.14. The summed E-state index contributed by atoms with van der Waals surface area (Å²) in [5, 5.41) is 0. The summed E-state index contributed by atoms with van der Waals surface area (Å²) < 4.78 is 0. The summed E-state index contributed by atoms with van der Waals surface area (Å²) in [4.78, 5) is 28.4. The summed E-state index contributed by atoms with van der Waals surface area (Å²) in [6, 6.07) is 0. The van der Waals surface area contributed by atoms with E-state index in [4.69, 9.17) is 11.5 Å². The number of anilines is 3. The standard InChI is InChI=1S/C13H21N7O/c14-10(21)9-4-7-20(8-9)13-17-11(15)16-12(18-13)19-5-2-1-3-6-19/h9H,1-8H2,(H2,14,21)(H2,15,16,17,18). The molecule has 2 aliphatic rings. The molecule has 1 aromatic rings. The number of hydrogen-bond donors (Lipinski definition) is 2. The molecule has 0 radical (unpaired) electrons. The van der Waals surface area contributed by atoms with Crippen LogP contribution in [0.1, 0.15) is 25.7 Å². The van der Waals surface area contributed by atoms with E-state index in [9.17, 15) is 4.79 Å². The zero-order valence-electron chi connectivity index (χ0n) is 12.0. The molecule has 2 fully saturated rings. The van der Waals surface area contributed by atoms with Gasteiger partial charge in [0, 0.05) is 26.2 Å². The highest BCUT2D eigenvalue weighted by molar-refractivity contribution is 5.78. The van der Waals surface area contributed by atoms with Crippen LogP contribution >= 0.6 is 0 Å². The predicted molar refractivity (Wildman–Crippen MR) is 79.8 cm³/mol. The molecule has 0 saturated carbocycles. The van der Waals surface area contributed by atoms with Crippen molar-refractivity contribution < 1.29 is 4.79 Å². The highest BCUT2D eigenvalue weighted by atomic mass is 16.1. The van der Waals surface area contributed by atoms with Crippen molar-refractivity contribution in [2.45, 2.75) is 25.7 Å². The Bertz CT molecular complexity index is 529. The van der Waals surface area contributed by atoms with Crippen LogP contribution in [0.2, 0.25) is 0 Å². The lowest BCUT2D eigenvalue weighted by Gasteiger charge is -2.27. The molecule has 8 heteroatoms. The van der Waals surface area contributed by atoms with Crippen molar-refractivity contribution in [2.24, 2.45) is 11.7 Å². The molecule has 21 heavy (non-hydrogen) atoms. The van der Waals surface area contributed by atoms with Crippen molar-refractivity contribution in [3.8, 4) is 0 Å². The third-order valence-corrected chi connectivity index (χ3v) is 4.14. The molecule has 1 unspecified atom stereocenters. The van der Waals surface area contributed by atoms with Crippen molar-refractivity contribution >= 4 is 23.8 Å². The monoisotopic (exact) mass is 291 g/mol. The Balaban J connectivity index is 1.79. The summed E-state index contributed by atoms with van der Waals surface area (Å²) in [5.74, 6) is 1.01. The lowest BCUT2D eigenvalue weighted by Crippen LogP contribution is -2.33. The van der Waals surface area contributed by atoms with Crippen molar-refractivity contribution in [3.63, 3.8) is 0 Å². The van der Waals surface area contributed by atoms with Crippen molar-refractivity contribution in [1.82, 2.24) is 15.0 Å². The van der Waals surface area contributed by atoms with Gasteiger partial charge in [0.2, 0.25) is 23.8 Å². The van der Waals surface area contributed by atoms with Gasteiger partial charge in [-0.05, 0) is 25.7 Å². The summed E-state index contributed by atoms with van der Waals surface area (Å²) in [7, 11) is 0. The lowest BCUT2D eigenvalue weighted by atomic mass is 10.1. The average molecular weight is 291 g/mol. The molecule has 1 atom stereocenters. The van der Waals surface area contributed by atoms with Crippen molar-refractivity contribution in [3.05, 3.63) is 0 Å². The second-order valence-corrected chi connectivity index (χ2v) is 5.68. The fourth-order valence-electron chi connectivity index (χ4n) is 2.92. The molecule has 1 aromatic heterocycles. The molecule has 0 bridgehead atoms. The number of nitrogens with zero attached hydrogens (tertiary/aromatic N) is 5. The molecule has 4 N–H and O–H groups in total. The van der Waals surface area contributed by atoms with Gasteiger partial charge >= 0.3 is 0 Å². The number of carbonyl (C=O) groups is 1. The molecule has 0 spiro atoms. The number of rotatable bonds is 3. The Kier molecular flexibility index (Phi) is 3.76. The minimum absolute atomic E-state index is 0.138. The van der Waals surface area contributed by atoms with Crippen LogP contribution in [0.15, 0.2) is 0 Å². The highest BCUT2D eigenvalue weighted by Gasteiger charge is 2.29. The van der Waals surface area contributed by atoms with E-state index in [1.807, 2.05) is 4.90 Å². The fraction of sp³-hybridized carbons (Fsp3) is 0.692. The van der Waals surface area contributed by atoms with Crippen LogP contribution in [0.3, 0.4) is 0 Å². The summed E-state index contributed by atoms with van der Waals surface area (Å²) in [6.45, 7) is 3.17. The number of nitrogens with two attached hydrogens (primary N) is 2. The zero-order chi connectivity index (χ0) is 14.8. The van der Waals surface area contributed by atoms with Crippen LogP contribution < -0.4 is 21.3 Å². The van der Waals surface area contributed by atoms with Gasteiger partial charge in [0.25, 0.3) is 0 Å². The molecule has 2 aliphatic heterocycles. The summed E-state index contributed by atoms with van der Waals surface area (Å²) in [5.41, 5.74) is 11.2. The van der Waals surface area contributed by atoms with Gasteiger partial charge in [-0.25, -0.2) is 0 Å². The van der Waals surface area contributed by atoms with Crippen LogP contribution in [0.5, 0.6) is 0 Å². The van der Waals surface area contributed by atoms with E-state index in [1.165, 1.54) is 6.42 Å². The van der Waals surface area contributed by atoms with E-state index in [1.54, 1.807) is 0 Å². The molecule has 114 valence electrons. The number of amides is 1. The SMILES string of the molecule is NC(=O)C1CCN(c2nc(N)nc(N3CCCCC3)n2)C1. The minimum atomic E-state index is -0.268. The van der Waals surface area contributed by atoms with E-state index >= 15 is 0 Å². The summed E-state index contributed by atoms with van der Waals surface area (Å²) in [6.07, 6.45) is 4.28. The predicted octanol–water partition coefficient (Wildman–Crippen LogP) is -0.244. The molecule has 1 amide bonds. The molecular formula is C13H21N7O. The van der Waals surface area contributed by atoms with Gasteiger partial charge in [0.15, 0.2) is 0 Å². The highest BCUT2D eigenvalue weighted by Crippen LogP contribution is 2.23. The van der Waals surface area contributed by atoms with E-state index in [2.05, 4.69) is 19.9 Å². The number of hydrogen-bond acceptors (Lipinski definition) is 7. The quantitative estimate of drug-likeness (QED) is 0.789. The second-order valence-electron chi connectivity index (χ2n) is 5.68. The molecule has 0 aromatic carbocycles. The van der Waals surface area contributed by atoms with E-state index in [0.29, 0.717) is 18.4 Å². The van der Waals surface area contributed by atoms with E-state index < -0.39 is 0 Å². The Morgan fingerprint density at radius 1 is 1.00 bits per heavy atom. The first-order valence-electron chi connectivity index (χ1n) is 7.44. The van der Waals surface area contributed by atoms with Crippen LogP contribution in [0.4, 0.5) is 17.8 Å². The Labute approximate surface area is 123 Å². The molecule has 3 heterocycles. The van der Waals surface area contributed by atoms with Crippen molar-refractivity contribution in [1.29, 1.82) is 0 Å². The molecular weight excluding hydrogens is 270 g/mol. The number of aromatic nitrogens is 3. The zero-order valence-corrected chi connectivity index (χ0v) is 12.0. The van der Waals surface area contributed by atoms with Gasteiger partial charge in [-0.15, -0.1) is 0 Å². The molecule has 0 aliphatic carbocycles. The second kappa shape index (κ2) is 5.71. The third kappa shape index (κ3) is 2.98. The lowest BCUT2D eigenvalue weighted by molar-refractivity contribution is -0.121. The molecule has 2 saturated heterocycles. The average Bonchev–Trinajstić information content (AvgIpc) is 2.98. The van der Waals surface area contributed by atoms with Gasteiger partial charge in [-0.1, -0.05) is 0 Å². The van der Waals surface area contributed by atoms with Crippen molar-refractivity contribution in [2.75, 3.05) is 41.7 Å². The first kappa shape index (κ1) is 13.8. The van der Waals surface area contributed by atoms with Gasteiger partial charge in [-0.2, -0.15) is 15.0 Å². The molecule has 3 rings (SSSR count). The van der Waals surface area contributed by atoms with Gasteiger partial charge in [-0.3, -0.25) is 4.79 Å². The maximum atomic E-state index is 11.3.